The number of ether oxygens (including phenoxy) is 2. The van der Waals surface area contributed by atoms with Crippen molar-refractivity contribution in [1.82, 2.24) is 0 Å². The molecule has 0 bridgehead atoms. The third-order valence-electron chi connectivity index (χ3n) is 0.666. The van der Waals surface area contributed by atoms with Gasteiger partial charge in [-0.15, -0.1) is 26.3 Å². The van der Waals surface area contributed by atoms with Gasteiger partial charge in [-0.3, -0.25) is 9.47 Å². The lowest BCUT2D eigenvalue weighted by Gasteiger charge is -2.17. The van der Waals surface area contributed by atoms with E-state index >= 15 is 0 Å². The van der Waals surface area contributed by atoms with Gasteiger partial charge in [-0.25, -0.2) is 5.11 Å². The summed E-state index contributed by atoms with van der Waals surface area (Å²) in [6.07, 6.45) is -13.6. The highest BCUT2D eigenvalue weighted by molar-refractivity contribution is 4.43. The van der Waals surface area contributed by atoms with E-state index in [1.165, 1.54) is 0 Å². The number of alkyl halides is 6. The average molecular weight is 213 g/mol. The van der Waals surface area contributed by atoms with Crippen LogP contribution in [0.3, 0.4) is 0 Å². The van der Waals surface area contributed by atoms with Gasteiger partial charge in [0, 0.05) is 0 Å². The highest BCUT2D eigenvalue weighted by Gasteiger charge is 2.40. The van der Waals surface area contributed by atoms with Crippen LogP contribution in [0.2, 0.25) is 0 Å². The van der Waals surface area contributed by atoms with Crippen molar-refractivity contribution in [3.63, 3.8) is 0 Å². The fourth-order valence-corrected chi connectivity index (χ4v) is 0.390. The van der Waals surface area contributed by atoms with Crippen LogP contribution in [-0.4, -0.2) is 25.6 Å². The molecule has 0 spiro atoms. The Balaban J connectivity index is 4.05. The van der Waals surface area contributed by atoms with E-state index in [0.29, 0.717) is 0 Å². The van der Waals surface area contributed by atoms with Gasteiger partial charge >= 0.3 is 12.7 Å². The lowest BCUT2D eigenvalue weighted by molar-refractivity contribution is -0.443. The summed E-state index contributed by atoms with van der Waals surface area (Å²) < 4.78 is 73.0. The summed E-state index contributed by atoms with van der Waals surface area (Å²) in [4.78, 5) is 0. The van der Waals surface area contributed by atoms with E-state index < -0.39 is 25.6 Å². The summed E-state index contributed by atoms with van der Waals surface area (Å²) in [5.74, 6) is 0. The smallest absolute Gasteiger partial charge is 0.259 e. The first-order chi connectivity index (χ1) is 5.64. The third-order valence-corrected chi connectivity index (χ3v) is 0.666. The molecule has 0 aromatic rings. The molecule has 0 fully saturated rings. The van der Waals surface area contributed by atoms with E-state index in [1.807, 2.05) is 0 Å². The van der Waals surface area contributed by atoms with Crippen LogP contribution in [0.1, 0.15) is 0 Å². The topological polar surface area (TPSA) is 38.4 Å². The van der Waals surface area contributed by atoms with Gasteiger partial charge < -0.3 is 0 Å². The zero-order chi connectivity index (χ0) is 10.7. The van der Waals surface area contributed by atoms with Crippen molar-refractivity contribution in [2.45, 2.75) is 19.0 Å². The second kappa shape index (κ2) is 4.11. The summed E-state index contributed by atoms with van der Waals surface area (Å²) >= 11 is 0. The van der Waals surface area contributed by atoms with Gasteiger partial charge in [0.2, 0.25) is 6.29 Å². The van der Waals surface area contributed by atoms with Crippen molar-refractivity contribution in [3.8, 4) is 0 Å². The van der Waals surface area contributed by atoms with Crippen LogP contribution in [-0.2, 0) is 14.6 Å². The molecule has 0 saturated carbocycles. The summed E-state index contributed by atoms with van der Waals surface area (Å²) in [5.41, 5.74) is 0. The fraction of sp³-hybridized carbons (Fsp3) is 1.00. The highest BCUT2D eigenvalue weighted by Crippen LogP contribution is 2.24. The van der Waals surface area contributed by atoms with Gasteiger partial charge in [0.25, 0.3) is 0 Å². The van der Waals surface area contributed by atoms with Crippen LogP contribution in [0.5, 0.6) is 0 Å². The maximum absolute atomic E-state index is 11.3. The second-order valence-electron chi connectivity index (χ2n) is 1.72. The molecule has 0 aliphatic rings. The van der Waals surface area contributed by atoms with Crippen molar-refractivity contribution in [3.05, 3.63) is 0 Å². The standard InChI is InChI=1S/C4H3F6O3/c5-3(6,7)12-2(1-11)13-4(8,9)10/h2H,1H2. The molecule has 0 aromatic heterocycles. The minimum atomic E-state index is -5.33. The SMILES string of the molecule is [O]CC(OC(F)(F)F)OC(F)(F)F. The molecule has 0 aromatic carbocycles. The van der Waals surface area contributed by atoms with Gasteiger partial charge in [-0.05, 0) is 0 Å². The number of rotatable bonds is 3. The van der Waals surface area contributed by atoms with E-state index in [0.717, 1.165) is 0 Å². The van der Waals surface area contributed by atoms with Crippen LogP contribution in [0.25, 0.3) is 0 Å². The quantitative estimate of drug-likeness (QED) is 0.529. The molecule has 0 N–H and O–H groups in total. The monoisotopic (exact) mass is 213 g/mol. The number of halogens is 6. The molecular formula is C4H3F6O3. The maximum Gasteiger partial charge on any atom is 0.524 e. The lowest BCUT2D eigenvalue weighted by atomic mass is 10.7. The molecular weight excluding hydrogens is 210 g/mol. The second-order valence-corrected chi connectivity index (χ2v) is 1.72. The predicted octanol–water partition coefficient (Wildman–Crippen LogP) is 1.82. The average Bonchev–Trinajstić information content (AvgIpc) is 1.79. The maximum atomic E-state index is 11.3. The fourth-order valence-electron chi connectivity index (χ4n) is 0.390. The number of hydrogen-bond acceptors (Lipinski definition) is 2. The number of hydrogen-bond donors (Lipinski definition) is 0. The van der Waals surface area contributed by atoms with E-state index in [-0.39, 0.29) is 0 Å². The van der Waals surface area contributed by atoms with E-state index in [1.54, 1.807) is 0 Å². The highest BCUT2D eigenvalue weighted by atomic mass is 19.4. The largest absolute Gasteiger partial charge is 0.524 e. The Morgan fingerprint density at radius 3 is 1.38 bits per heavy atom. The predicted molar refractivity (Wildman–Crippen MR) is 23.6 cm³/mol. The summed E-state index contributed by atoms with van der Waals surface area (Å²) in [6.45, 7) is -1.81. The van der Waals surface area contributed by atoms with Gasteiger partial charge in [-0.1, -0.05) is 0 Å². The molecule has 1 radical (unpaired) electrons. The molecule has 3 nitrogen and oxygen atoms in total. The molecule has 9 heteroatoms. The van der Waals surface area contributed by atoms with Crippen LogP contribution >= 0.6 is 0 Å². The Morgan fingerprint density at radius 1 is 0.923 bits per heavy atom. The first kappa shape index (κ1) is 12.5. The summed E-state index contributed by atoms with van der Waals surface area (Å²) in [6, 6.07) is 0. The Kier molecular flexibility index (Phi) is 3.94. The molecule has 0 aliphatic heterocycles. The van der Waals surface area contributed by atoms with Crippen LogP contribution in [0.4, 0.5) is 26.3 Å². The Bertz CT molecular complexity index is 135. The van der Waals surface area contributed by atoms with E-state index in [9.17, 15) is 31.4 Å². The molecule has 0 atom stereocenters. The Labute approximate surface area is 67.8 Å². The summed E-state index contributed by atoms with van der Waals surface area (Å²) in [5, 5.41) is 9.74. The minimum absolute atomic E-state index is 1.81. The van der Waals surface area contributed by atoms with E-state index in [2.05, 4.69) is 9.47 Å². The van der Waals surface area contributed by atoms with Crippen molar-refractivity contribution < 1.29 is 40.9 Å². The zero-order valence-corrected chi connectivity index (χ0v) is 5.78. The van der Waals surface area contributed by atoms with Gasteiger partial charge in [-0.2, -0.15) is 0 Å². The zero-order valence-electron chi connectivity index (χ0n) is 5.78. The van der Waals surface area contributed by atoms with Crippen LogP contribution in [0.15, 0.2) is 0 Å². The molecule has 13 heavy (non-hydrogen) atoms. The molecule has 0 aliphatic carbocycles. The molecule has 79 valence electrons. The van der Waals surface area contributed by atoms with E-state index in [4.69, 9.17) is 0 Å². The molecule has 0 unspecified atom stereocenters. The van der Waals surface area contributed by atoms with Crippen LogP contribution in [0, 0.1) is 0 Å². The lowest BCUT2D eigenvalue weighted by Crippen LogP contribution is -2.33. The molecule has 0 heterocycles. The normalized spacial score (nSPS) is 13.8. The van der Waals surface area contributed by atoms with Gasteiger partial charge in [0.15, 0.2) is 0 Å². The molecule has 0 rings (SSSR count). The van der Waals surface area contributed by atoms with Gasteiger partial charge in [0.05, 0.1) is 0 Å². The van der Waals surface area contributed by atoms with Crippen molar-refractivity contribution in [2.75, 3.05) is 6.61 Å². The van der Waals surface area contributed by atoms with Gasteiger partial charge in [0.1, 0.15) is 6.61 Å². The van der Waals surface area contributed by atoms with Crippen molar-refractivity contribution in [2.24, 2.45) is 0 Å². The summed E-state index contributed by atoms with van der Waals surface area (Å²) in [7, 11) is 0. The van der Waals surface area contributed by atoms with Crippen LogP contribution < -0.4 is 0 Å². The Hall–Kier alpha value is -0.540. The van der Waals surface area contributed by atoms with Crippen molar-refractivity contribution >= 4 is 0 Å². The first-order valence-corrected chi connectivity index (χ1v) is 2.71. The molecule has 0 saturated heterocycles. The van der Waals surface area contributed by atoms with Crippen molar-refractivity contribution in [1.29, 1.82) is 0 Å². The first-order valence-electron chi connectivity index (χ1n) is 2.71. The Morgan fingerprint density at radius 2 is 1.23 bits per heavy atom. The minimum Gasteiger partial charge on any atom is -0.259 e. The molecule has 0 amide bonds. The third kappa shape index (κ3) is 7.81.